The molecule has 0 fully saturated rings. The SMILES string of the molecule is Clc1nccn1-c1ncnc2c1CCN2. The minimum absolute atomic E-state index is 0.419. The summed E-state index contributed by atoms with van der Waals surface area (Å²) < 4.78 is 1.76. The van der Waals surface area contributed by atoms with Crippen LogP contribution in [0.2, 0.25) is 5.28 Å². The Morgan fingerprint density at radius 2 is 2.27 bits per heavy atom. The van der Waals surface area contributed by atoms with Gasteiger partial charge >= 0.3 is 0 Å². The van der Waals surface area contributed by atoms with Crippen molar-refractivity contribution in [1.82, 2.24) is 19.5 Å². The highest BCUT2D eigenvalue weighted by atomic mass is 35.5. The lowest BCUT2D eigenvalue weighted by Crippen LogP contribution is -2.01. The van der Waals surface area contributed by atoms with E-state index in [1.165, 1.54) is 6.33 Å². The van der Waals surface area contributed by atoms with E-state index in [2.05, 4.69) is 20.3 Å². The lowest BCUT2D eigenvalue weighted by atomic mass is 10.2. The highest BCUT2D eigenvalue weighted by molar-refractivity contribution is 6.28. The molecule has 0 atom stereocenters. The Balaban J connectivity index is 2.21. The molecule has 0 saturated heterocycles. The monoisotopic (exact) mass is 221 g/mol. The van der Waals surface area contributed by atoms with Gasteiger partial charge in [0.15, 0.2) is 0 Å². The predicted molar refractivity (Wildman–Crippen MR) is 56.4 cm³/mol. The van der Waals surface area contributed by atoms with Crippen molar-refractivity contribution in [2.45, 2.75) is 6.42 Å². The van der Waals surface area contributed by atoms with E-state index in [1.807, 2.05) is 0 Å². The van der Waals surface area contributed by atoms with Crippen molar-refractivity contribution in [2.24, 2.45) is 0 Å². The molecule has 76 valence electrons. The molecule has 2 aromatic heterocycles. The molecule has 1 aliphatic heterocycles. The molecule has 3 rings (SSSR count). The minimum atomic E-state index is 0.419. The first-order valence-electron chi connectivity index (χ1n) is 4.63. The Hall–Kier alpha value is -1.62. The van der Waals surface area contributed by atoms with Gasteiger partial charge in [-0.1, -0.05) is 0 Å². The van der Waals surface area contributed by atoms with Gasteiger partial charge in [0, 0.05) is 24.5 Å². The molecule has 6 heteroatoms. The van der Waals surface area contributed by atoms with Gasteiger partial charge in [-0.3, -0.25) is 4.57 Å². The zero-order valence-electron chi connectivity index (χ0n) is 7.81. The number of imidazole rings is 1. The molecule has 15 heavy (non-hydrogen) atoms. The van der Waals surface area contributed by atoms with Crippen molar-refractivity contribution in [1.29, 1.82) is 0 Å². The number of fused-ring (bicyclic) bond motifs is 1. The molecule has 1 aliphatic rings. The Bertz CT molecular complexity index is 507. The van der Waals surface area contributed by atoms with Gasteiger partial charge in [-0.2, -0.15) is 0 Å². The Morgan fingerprint density at radius 3 is 3.07 bits per heavy atom. The summed E-state index contributed by atoms with van der Waals surface area (Å²) in [5.74, 6) is 1.71. The van der Waals surface area contributed by atoms with Crippen LogP contribution in [0.1, 0.15) is 5.56 Å². The molecular weight excluding hydrogens is 214 g/mol. The highest BCUT2D eigenvalue weighted by Gasteiger charge is 2.18. The number of nitrogens with zero attached hydrogens (tertiary/aromatic N) is 4. The van der Waals surface area contributed by atoms with E-state index in [9.17, 15) is 0 Å². The lowest BCUT2D eigenvalue weighted by Gasteiger charge is -2.06. The third-order valence-electron chi connectivity index (χ3n) is 2.41. The maximum absolute atomic E-state index is 5.95. The molecule has 0 aliphatic carbocycles. The molecule has 0 bridgehead atoms. The minimum Gasteiger partial charge on any atom is -0.369 e. The van der Waals surface area contributed by atoms with Gasteiger partial charge in [0.2, 0.25) is 5.28 Å². The van der Waals surface area contributed by atoms with E-state index in [4.69, 9.17) is 11.6 Å². The first-order valence-corrected chi connectivity index (χ1v) is 5.01. The van der Waals surface area contributed by atoms with E-state index in [0.717, 1.165) is 30.2 Å². The summed E-state index contributed by atoms with van der Waals surface area (Å²) in [7, 11) is 0. The Labute approximate surface area is 91.1 Å². The maximum Gasteiger partial charge on any atom is 0.208 e. The van der Waals surface area contributed by atoms with E-state index < -0.39 is 0 Å². The lowest BCUT2D eigenvalue weighted by molar-refractivity contribution is 0.943. The van der Waals surface area contributed by atoms with Crippen LogP contribution in [0.25, 0.3) is 5.82 Å². The normalized spacial score (nSPS) is 13.7. The van der Waals surface area contributed by atoms with Crippen molar-refractivity contribution < 1.29 is 0 Å². The van der Waals surface area contributed by atoms with Gasteiger partial charge < -0.3 is 5.32 Å². The van der Waals surface area contributed by atoms with E-state index in [-0.39, 0.29) is 0 Å². The van der Waals surface area contributed by atoms with Crippen molar-refractivity contribution in [3.63, 3.8) is 0 Å². The molecule has 3 heterocycles. The van der Waals surface area contributed by atoms with E-state index in [0.29, 0.717) is 5.28 Å². The molecular formula is C9H8ClN5. The first-order chi connectivity index (χ1) is 7.36. The largest absolute Gasteiger partial charge is 0.369 e. The van der Waals surface area contributed by atoms with E-state index >= 15 is 0 Å². The van der Waals surface area contributed by atoms with Gasteiger partial charge in [-0.25, -0.2) is 15.0 Å². The summed E-state index contributed by atoms with van der Waals surface area (Å²) in [5, 5.41) is 3.61. The zero-order valence-corrected chi connectivity index (χ0v) is 8.57. The van der Waals surface area contributed by atoms with Crippen LogP contribution in [-0.4, -0.2) is 26.1 Å². The summed E-state index contributed by atoms with van der Waals surface area (Å²) in [6.07, 6.45) is 5.89. The number of hydrogen-bond acceptors (Lipinski definition) is 4. The smallest absolute Gasteiger partial charge is 0.208 e. The Kier molecular flexibility index (Phi) is 1.85. The second-order valence-electron chi connectivity index (χ2n) is 3.27. The van der Waals surface area contributed by atoms with Crippen molar-refractivity contribution in [3.05, 3.63) is 29.6 Å². The number of anilines is 1. The first kappa shape index (κ1) is 8.67. The summed E-state index contributed by atoms with van der Waals surface area (Å²) in [4.78, 5) is 12.4. The van der Waals surface area contributed by atoms with Crippen molar-refractivity contribution in [3.8, 4) is 5.82 Å². The number of rotatable bonds is 1. The van der Waals surface area contributed by atoms with Crippen LogP contribution in [0.5, 0.6) is 0 Å². The average molecular weight is 222 g/mol. The van der Waals surface area contributed by atoms with Gasteiger partial charge in [-0.15, -0.1) is 0 Å². The van der Waals surface area contributed by atoms with Crippen molar-refractivity contribution in [2.75, 3.05) is 11.9 Å². The fourth-order valence-corrected chi connectivity index (χ4v) is 1.94. The summed E-state index contributed by atoms with van der Waals surface area (Å²) in [6, 6.07) is 0. The van der Waals surface area contributed by atoms with Crippen LogP contribution >= 0.6 is 11.6 Å². The number of nitrogens with one attached hydrogen (secondary N) is 1. The molecule has 5 nitrogen and oxygen atoms in total. The summed E-state index contributed by atoms with van der Waals surface area (Å²) >= 11 is 5.95. The molecule has 0 aromatic carbocycles. The van der Waals surface area contributed by atoms with Crippen molar-refractivity contribution >= 4 is 17.4 Å². The highest BCUT2D eigenvalue weighted by Crippen LogP contribution is 2.25. The van der Waals surface area contributed by atoms with Gasteiger partial charge in [0.05, 0.1) is 0 Å². The summed E-state index contributed by atoms with van der Waals surface area (Å²) in [6.45, 7) is 0.896. The predicted octanol–water partition coefficient (Wildman–Crippen LogP) is 1.28. The second kappa shape index (κ2) is 3.20. The molecule has 0 amide bonds. The zero-order chi connectivity index (χ0) is 10.3. The third-order valence-corrected chi connectivity index (χ3v) is 2.69. The van der Waals surface area contributed by atoms with Crippen LogP contribution in [0.3, 0.4) is 0 Å². The molecule has 0 spiro atoms. The standard InChI is InChI=1S/C9H8ClN5/c10-9-12-3-4-15(9)8-6-1-2-11-7(6)13-5-14-8/h3-5H,1-2H2,(H,11,13,14). The number of halogens is 1. The van der Waals surface area contributed by atoms with Crippen LogP contribution < -0.4 is 5.32 Å². The van der Waals surface area contributed by atoms with Crippen LogP contribution in [0, 0.1) is 0 Å². The molecule has 0 unspecified atom stereocenters. The number of aromatic nitrogens is 4. The fourth-order valence-electron chi connectivity index (χ4n) is 1.74. The van der Waals surface area contributed by atoms with Crippen LogP contribution in [-0.2, 0) is 6.42 Å². The molecule has 1 N–H and O–H groups in total. The molecule has 2 aromatic rings. The number of hydrogen-bond donors (Lipinski definition) is 1. The average Bonchev–Trinajstić information content (AvgIpc) is 2.85. The second-order valence-corrected chi connectivity index (χ2v) is 3.61. The quantitative estimate of drug-likeness (QED) is 0.788. The van der Waals surface area contributed by atoms with Gasteiger partial charge in [0.25, 0.3) is 0 Å². The van der Waals surface area contributed by atoms with Gasteiger partial charge in [0.1, 0.15) is 18.0 Å². The van der Waals surface area contributed by atoms with Crippen LogP contribution in [0.4, 0.5) is 5.82 Å². The van der Waals surface area contributed by atoms with E-state index in [1.54, 1.807) is 17.0 Å². The maximum atomic E-state index is 5.95. The van der Waals surface area contributed by atoms with Crippen LogP contribution in [0.15, 0.2) is 18.7 Å². The molecule has 0 radical (unpaired) electrons. The third kappa shape index (κ3) is 1.27. The topological polar surface area (TPSA) is 55.6 Å². The fraction of sp³-hybridized carbons (Fsp3) is 0.222. The Morgan fingerprint density at radius 1 is 1.33 bits per heavy atom. The summed E-state index contributed by atoms with van der Waals surface area (Å²) in [5.41, 5.74) is 1.09. The van der Waals surface area contributed by atoms with Gasteiger partial charge in [-0.05, 0) is 18.0 Å². The molecule has 0 saturated carbocycles.